The normalized spacial score (nSPS) is 19.1. The number of hydrogen-bond acceptors (Lipinski definition) is 6. The number of unbranched alkanes of at least 4 members (excludes halogenated alkanes) is 3. The Balaban J connectivity index is 1.13. The molecule has 2 aliphatic rings. The fourth-order valence-electron chi connectivity index (χ4n) is 4.33. The maximum absolute atomic E-state index is 14.2. The summed E-state index contributed by atoms with van der Waals surface area (Å²) in [6.07, 6.45) is 2.54. The summed E-state index contributed by atoms with van der Waals surface area (Å²) in [5.74, 6) is -2.94. The first-order chi connectivity index (χ1) is 17.1. The molecule has 0 radical (unpaired) electrons. The molecule has 2 aromatic rings. The number of amides is 1. The predicted octanol–water partition coefficient (Wildman–Crippen LogP) is 5.78. The minimum Gasteiger partial charge on any atom is -0.463 e. The van der Waals surface area contributed by atoms with Gasteiger partial charge in [0.05, 0.1) is 13.2 Å². The van der Waals surface area contributed by atoms with E-state index < -0.39 is 18.3 Å². The number of nitrogens with two attached hydrogens (primary N) is 1. The van der Waals surface area contributed by atoms with Crippen molar-refractivity contribution in [2.45, 2.75) is 64.0 Å². The van der Waals surface area contributed by atoms with Gasteiger partial charge in [0.25, 0.3) is 5.92 Å². The smallest absolute Gasteiger partial charge is 0.410 e. The van der Waals surface area contributed by atoms with Crippen LogP contribution in [-0.4, -0.2) is 43.1 Å². The molecular formula is C27H34F2N2O5. The van der Waals surface area contributed by atoms with E-state index >= 15 is 0 Å². The van der Waals surface area contributed by atoms with Gasteiger partial charge in [-0.05, 0) is 42.7 Å². The number of carbonyl (C=O) groups is 1. The van der Waals surface area contributed by atoms with Gasteiger partial charge in [-0.1, -0.05) is 31.0 Å². The molecular weight excluding hydrogens is 470 g/mol. The first-order valence-corrected chi connectivity index (χ1v) is 12.4. The van der Waals surface area contributed by atoms with Crippen molar-refractivity contribution < 1.29 is 32.5 Å². The summed E-state index contributed by atoms with van der Waals surface area (Å²) in [4.78, 5) is 14.0. The summed E-state index contributed by atoms with van der Waals surface area (Å²) in [5, 5.41) is 0. The van der Waals surface area contributed by atoms with Crippen LogP contribution >= 0.6 is 0 Å². The van der Waals surface area contributed by atoms with Gasteiger partial charge in [0.1, 0.15) is 18.5 Å². The lowest BCUT2D eigenvalue weighted by molar-refractivity contribution is -0.180. The van der Waals surface area contributed by atoms with Crippen molar-refractivity contribution in [1.29, 1.82) is 0 Å². The third kappa shape index (κ3) is 6.64. The maximum atomic E-state index is 14.2. The predicted molar refractivity (Wildman–Crippen MR) is 131 cm³/mol. The molecule has 4 rings (SSSR count). The highest BCUT2D eigenvalue weighted by atomic mass is 19.3. The molecule has 36 heavy (non-hydrogen) atoms. The summed E-state index contributed by atoms with van der Waals surface area (Å²) < 4.78 is 50.7. The van der Waals surface area contributed by atoms with Crippen LogP contribution in [0.3, 0.4) is 0 Å². The molecule has 7 nitrogen and oxygen atoms in total. The first kappa shape index (κ1) is 26.2. The number of nitrogen functional groups attached to an aromatic ring is 1. The van der Waals surface area contributed by atoms with E-state index in [4.69, 9.17) is 24.7 Å². The van der Waals surface area contributed by atoms with Gasteiger partial charge in [-0.15, -0.1) is 0 Å². The summed E-state index contributed by atoms with van der Waals surface area (Å²) in [6, 6.07) is 11.5. The second-order valence-corrected chi connectivity index (χ2v) is 9.77. The Kier molecular flexibility index (Phi) is 8.00. The first-order valence-electron chi connectivity index (χ1n) is 12.4. The van der Waals surface area contributed by atoms with Gasteiger partial charge in [0.15, 0.2) is 0 Å². The number of nitrogens with zero attached hydrogens (tertiary/aromatic N) is 1. The van der Waals surface area contributed by atoms with Gasteiger partial charge in [-0.2, -0.15) is 8.78 Å². The van der Waals surface area contributed by atoms with Gasteiger partial charge in [-0.25, -0.2) is 4.79 Å². The summed E-state index contributed by atoms with van der Waals surface area (Å²) in [7, 11) is 0. The van der Waals surface area contributed by atoms with Crippen molar-refractivity contribution in [2.24, 2.45) is 0 Å². The Morgan fingerprint density at radius 3 is 2.75 bits per heavy atom. The molecule has 0 saturated carbocycles. The quantitative estimate of drug-likeness (QED) is 0.309. The number of alkyl halides is 2. The average molecular weight is 505 g/mol. The molecule has 0 bridgehead atoms. The van der Waals surface area contributed by atoms with E-state index in [0.717, 1.165) is 36.1 Å². The lowest BCUT2D eigenvalue weighted by atomic mass is 10.0. The third-order valence-electron chi connectivity index (χ3n) is 6.33. The highest BCUT2D eigenvalue weighted by molar-refractivity contribution is 5.70. The van der Waals surface area contributed by atoms with Crippen LogP contribution in [0.4, 0.5) is 19.3 Å². The van der Waals surface area contributed by atoms with Gasteiger partial charge in [0, 0.05) is 43.8 Å². The minimum absolute atomic E-state index is 0.140. The highest BCUT2D eigenvalue weighted by Crippen LogP contribution is 2.35. The van der Waals surface area contributed by atoms with E-state index in [9.17, 15) is 13.6 Å². The fraction of sp³-hybridized carbons (Fsp3) is 0.519. The van der Waals surface area contributed by atoms with E-state index in [-0.39, 0.29) is 24.4 Å². The monoisotopic (exact) mass is 504 g/mol. The van der Waals surface area contributed by atoms with Crippen molar-refractivity contribution in [3.63, 3.8) is 0 Å². The number of benzene rings is 2. The van der Waals surface area contributed by atoms with Gasteiger partial charge >= 0.3 is 6.09 Å². The zero-order valence-corrected chi connectivity index (χ0v) is 20.8. The molecule has 196 valence electrons. The van der Waals surface area contributed by atoms with Crippen molar-refractivity contribution in [3.8, 4) is 5.75 Å². The van der Waals surface area contributed by atoms with Gasteiger partial charge in [-0.3, -0.25) is 0 Å². The van der Waals surface area contributed by atoms with Gasteiger partial charge in [0.2, 0.25) is 5.79 Å². The summed E-state index contributed by atoms with van der Waals surface area (Å²) in [5.41, 5.74) is 7.61. The Labute approximate surface area is 210 Å². The molecule has 2 aliphatic heterocycles. The van der Waals surface area contributed by atoms with Crippen LogP contribution < -0.4 is 10.5 Å². The Morgan fingerprint density at radius 1 is 1.14 bits per heavy atom. The largest absolute Gasteiger partial charge is 0.463 e. The van der Waals surface area contributed by atoms with E-state index in [1.165, 1.54) is 18.2 Å². The van der Waals surface area contributed by atoms with Crippen LogP contribution in [-0.2, 0) is 26.7 Å². The molecule has 1 atom stereocenters. The van der Waals surface area contributed by atoms with Crippen LogP contribution in [0.5, 0.6) is 5.75 Å². The summed E-state index contributed by atoms with van der Waals surface area (Å²) in [6.45, 7) is 4.86. The second kappa shape index (κ2) is 11.0. The van der Waals surface area contributed by atoms with E-state index in [1.807, 2.05) is 32.0 Å². The number of fused-ring (bicyclic) bond motifs is 1. The van der Waals surface area contributed by atoms with Gasteiger partial charge < -0.3 is 29.6 Å². The van der Waals surface area contributed by atoms with Crippen LogP contribution in [0.25, 0.3) is 0 Å². The Hall–Kier alpha value is -2.91. The molecule has 2 heterocycles. The number of carbonyl (C=O) groups excluding carboxylic acids is 1. The lowest BCUT2D eigenvalue weighted by Crippen LogP contribution is -2.35. The topological polar surface area (TPSA) is 83.2 Å². The number of halogens is 2. The molecule has 1 saturated heterocycles. The minimum atomic E-state index is -3.07. The van der Waals surface area contributed by atoms with Crippen LogP contribution in [0.2, 0.25) is 0 Å². The second-order valence-electron chi connectivity index (χ2n) is 9.77. The number of ether oxygens (including phenoxy) is 4. The number of anilines is 1. The van der Waals surface area contributed by atoms with Crippen LogP contribution in [0.15, 0.2) is 42.5 Å². The highest BCUT2D eigenvalue weighted by Gasteiger charge is 2.34. The van der Waals surface area contributed by atoms with Crippen molar-refractivity contribution >= 4 is 11.8 Å². The molecule has 0 unspecified atom stereocenters. The molecule has 1 amide bonds. The zero-order chi connectivity index (χ0) is 25.8. The molecule has 1 fully saturated rings. The van der Waals surface area contributed by atoms with E-state index in [1.54, 1.807) is 11.0 Å². The Bertz CT molecular complexity index is 1060. The SMILES string of the molecule is CC1(C)OCc2cc([C@@H]3CN(CCCCCCOCC(F)(F)c4cccc(N)c4)C(=O)O3)ccc2O1. The number of hydrogen-bond donors (Lipinski definition) is 1. The van der Waals surface area contributed by atoms with E-state index in [2.05, 4.69) is 0 Å². The average Bonchev–Trinajstić information content (AvgIpc) is 3.20. The number of rotatable bonds is 11. The molecule has 2 aromatic carbocycles. The molecule has 2 N–H and O–H groups in total. The molecule has 9 heteroatoms. The zero-order valence-electron chi connectivity index (χ0n) is 20.8. The maximum Gasteiger partial charge on any atom is 0.410 e. The standard InChI is InChI=1S/C27H34F2N2O5/c1-26(2)34-17-20-14-19(10-11-23(20)36-26)24-16-31(25(32)35-24)12-5-3-4-6-13-33-18-27(28,29)21-8-7-9-22(30)15-21/h7-11,14-15,24H,3-6,12-13,16-18,30H2,1-2H3/t24-/m0/s1. The van der Waals surface area contributed by atoms with Crippen molar-refractivity contribution in [2.75, 3.05) is 32.0 Å². The molecule has 0 aliphatic carbocycles. The van der Waals surface area contributed by atoms with Crippen molar-refractivity contribution in [3.05, 3.63) is 59.2 Å². The van der Waals surface area contributed by atoms with Crippen LogP contribution in [0.1, 0.15) is 62.3 Å². The van der Waals surface area contributed by atoms with Crippen LogP contribution in [0, 0.1) is 0 Å². The Morgan fingerprint density at radius 2 is 1.94 bits per heavy atom. The molecule has 0 aromatic heterocycles. The number of cyclic esters (lactones) is 1. The lowest BCUT2D eigenvalue weighted by Gasteiger charge is -2.32. The van der Waals surface area contributed by atoms with E-state index in [0.29, 0.717) is 31.8 Å². The summed E-state index contributed by atoms with van der Waals surface area (Å²) >= 11 is 0. The third-order valence-corrected chi connectivity index (χ3v) is 6.33. The van der Waals surface area contributed by atoms with Crippen molar-refractivity contribution in [1.82, 2.24) is 4.90 Å². The fourth-order valence-corrected chi connectivity index (χ4v) is 4.33. The molecule has 0 spiro atoms.